The molecule has 0 amide bonds. The number of nitrogens with zero attached hydrogens (tertiary/aromatic N) is 5. The number of alkyl halides is 4. The van der Waals surface area contributed by atoms with Gasteiger partial charge in [-0.2, -0.15) is 13.9 Å². The van der Waals surface area contributed by atoms with Gasteiger partial charge in [0.15, 0.2) is 5.75 Å². The van der Waals surface area contributed by atoms with Crippen LogP contribution in [0.3, 0.4) is 0 Å². The standard InChI is InChI=1S/C26H29F4N5O3Si/c1-39(2,3)13-12-36-15-34-22(20-21(23(27)28)33-35-10-5-11-37-25(20)35)19(17-6-4-8-32-24(17)34)16-7-9-31-14-18(16)38-26(29)30/h4,6-9,14,23,26H,5,10-13,15H2,1-3H3. The molecule has 0 bridgehead atoms. The Morgan fingerprint density at radius 2 is 1.92 bits per heavy atom. The van der Waals surface area contributed by atoms with E-state index in [1.807, 2.05) is 0 Å². The van der Waals surface area contributed by atoms with E-state index in [-0.39, 0.29) is 35.2 Å². The van der Waals surface area contributed by atoms with Gasteiger partial charge in [-0.25, -0.2) is 18.4 Å². The van der Waals surface area contributed by atoms with Gasteiger partial charge in [0.2, 0.25) is 5.88 Å². The summed E-state index contributed by atoms with van der Waals surface area (Å²) in [6.45, 7) is 4.77. The average molecular weight is 564 g/mol. The van der Waals surface area contributed by atoms with E-state index in [9.17, 15) is 17.6 Å². The Balaban J connectivity index is 1.80. The maximum Gasteiger partial charge on any atom is 0.387 e. The third kappa shape index (κ3) is 5.50. The van der Waals surface area contributed by atoms with Gasteiger partial charge in [0.05, 0.1) is 24.1 Å². The van der Waals surface area contributed by atoms with E-state index in [1.54, 1.807) is 22.9 Å². The van der Waals surface area contributed by atoms with Crippen molar-refractivity contribution in [2.45, 2.75) is 58.4 Å². The Kier molecular flexibility index (Phi) is 7.63. The second kappa shape index (κ2) is 11.0. The summed E-state index contributed by atoms with van der Waals surface area (Å²) in [7, 11) is -1.41. The molecule has 0 aliphatic carbocycles. The second-order valence-electron chi connectivity index (χ2n) is 10.4. The van der Waals surface area contributed by atoms with Crippen molar-refractivity contribution in [2.75, 3.05) is 13.2 Å². The van der Waals surface area contributed by atoms with Gasteiger partial charge in [-0.05, 0) is 24.2 Å². The van der Waals surface area contributed by atoms with Crippen molar-refractivity contribution >= 4 is 19.1 Å². The number of aromatic nitrogens is 5. The predicted octanol–water partition coefficient (Wildman–Crippen LogP) is 6.60. The fourth-order valence-corrected chi connectivity index (χ4v) is 5.42. The van der Waals surface area contributed by atoms with Gasteiger partial charge in [-0.3, -0.25) is 4.98 Å². The first kappa shape index (κ1) is 27.1. The minimum absolute atomic E-state index is 0.00323. The molecule has 4 aromatic heterocycles. The molecule has 0 atom stereocenters. The average Bonchev–Trinajstić information content (AvgIpc) is 3.42. The van der Waals surface area contributed by atoms with E-state index in [0.717, 1.165) is 6.04 Å². The smallest absolute Gasteiger partial charge is 0.387 e. The van der Waals surface area contributed by atoms with Crippen molar-refractivity contribution in [1.82, 2.24) is 24.3 Å². The van der Waals surface area contributed by atoms with Crippen LogP contribution in [0.4, 0.5) is 17.6 Å². The Labute approximate surface area is 223 Å². The van der Waals surface area contributed by atoms with Crippen LogP contribution in [-0.4, -0.2) is 52.2 Å². The monoisotopic (exact) mass is 563 g/mol. The van der Waals surface area contributed by atoms with Crippen LogP contribution >= 0.6 is 0 Å². The highest BCUT2D eigenvalue weighted by Gasteiger charge is 2.34. The lowest BCUT2D eigenvalue weighted by atomic mass is 9.98. The first-order chi connectivity index (χ1) is 18.7. The van der Waals surface area contributed by atoms with Crippen molar-refractivity contribution in [3.8, 4) is 34.0 Å². The van der Waals surface area contributed by atoms with Crippen LogP contribution in [0.2, 0.25) is 25.7 Å². The maximum absolute atomic E-state index is 14.5. The lowest BCUT2D eigenvalue weighted by Crippen LogP contribution is -2.22. The number of rotatable bonds is 10. The molecular formula is C26H29F4N5O3Si. The van der Waals surface area contributed by atoms with Gasteiger partial charge in [-0.15, -0.1) is 0 Å². The molecule has 4 aromatic rings. The van der Waals surface area contributed by atoms with E-state index in [2.05, 4.69) is 34.7 Å². The zero-order valence-corrected chi connectivity index (χ0v) is 22.8. The zero-order valence-electron chi connectivity index (χ0n) is 21.8. The maximum atomic E-state index is 14.5. The van der Waals surface area contributed by atoms with Crippen molar-refractivity contribution < 1.29 is 31.8 Å². The highest BCUT2D eigenvalue weighted by Crippen LogP contribution is 2.49. The van der Waals surface area contributed by atoms with Crippen LogP contribution in [0, 0.1) is 0 Å². The predicted molar refractivity (Wildman–Crippen MR) is 140 cm³/mol. The quantitative estimate of drug-likeness (QED) is 0.123. The van der Waals surface area contributed by atoms with Crippen molar-refractivity contribution in [2.24, 2.45) is 0 Å². The van der Waals surface area contributed by atoms with E-state index in [1.165, 1.54) is 23.1 Å². The number of pyridine rings is 2. The summed E-state index contributed by atoms with van der Waals surface area (Å²) >= 11 is 0. The molecule has 1 aliphatic heterocycles. The van der Waals surface area contributed by atoms with Crippen molar-refractivity contribution in [1.29, 1.82) is 0 Å². The highest BCUT2D eigenvalue weighted by atomic mass is 28.3. The molecule has 0 saturated carbocycles. The van der Waals surface area contributed by atoms with Crippen molar-refractivity contribution in [3.05, 3.63) is 42.5 Å². The molecule has 0 spiro atoms. The minimum Gasteiger partial charge on any atom is -0.477 e. The zero-order chi connectivity index (χ0) is 27.7. The Hall–Kier alpha value is -3.45. The molecule has 0 radical (unpaired) electrons. The Morgan fingerprint density at radius 3 is 2.67 bits per heavy atom. The van der Waals surface area contributed by atoms with Crippen LogP contribution in [0.1, 0.15) is 18.5 Å². The highest BCUT2D eigenvalue weighted by molar-refractivity contribution is 6.76. The number of halogens is 4. The van der Waals surface area contributed by atoms with Gasteiger partial charge in [0.1, 0.15) is 18.1 Å². The summed E-state index contributed by atoms with van der Waals surface area (Å²) in [6.07, 6.45) is 1.88. The lowest BCUT2D eigenvalue weighted by molar-refractivity contribution is -0.0496. The number of hydrogen-bond donors (Lipinski definition) is 0. The fourth-order valence-electron chi connectivity index (χ4n) is 4.67. The molecule has 1 aliphatic rings. The van der Waals surface area contributed by atoms with Crippen LogP contribution in [0.15, 0.2) is 36.8 Å². The van der Waals surface area contributed by atoms with E-state index < -0.39 is 26.8 Å². The van der Waals surface area contributed by atoms with Gasteiger partial charge in [0.25, 0.3) is 6.43 Å². The normalized spacial score (nSPS) is 13.8. The van der Waals surface area contributed by atoms with Crippen LogP contribution in [0.25, 0.3) is 33.4 Å². The first-order valence-electron chi connectivity index (χ1n) is 12.6. The molecule has 39 heavy (non-hydrogen) atoms. The molecule has 0 N–H and O–H groups in total. The van der Waals surface area contributed by atoms with Crippen LogP contribution < -0.4 is 9.47 Å². The minimum atomic E-state index is -3.11. The third-order valence-electron chi connectivity index (χ3n) is 6.43. The molecular weight excluding hydrogens is 534 g/mol. The number of ether oxygens (including phenoxy) is 3. The Morgan fingerprint density at radius 1 is 1.10 bits per heavy atom. The Bertz CT molecular complexity index is 1470. The summed E-state index contributed by atoms with van der Waals surface area (Å²) in [6, 6.07) is 5.86. The molecule has 0 fully saturated rings. The number of aryl methyl sites for hydroxylation is 1. The summed E-state index contributed by atoms with van der Waals surface area (Å²) in [5, 5.41) is 4.73. The van der Waals surface area contributed by atoms with E-state index >= 15 is 0 Å². The summed E-state index contributed by atoms with van der Waals surface area (Å²) in [5.74, 6) is -0.00815. The van der Waals surface area contributed by atoms with Crippen LogP contribution in [-0.2, 0) is 18.0 Å². The second-order valence-corrected chi connectivity index (χ2v) is 16.0. The molecule has 8 nitrogen and oxygen atoms in total. The largest absolute Gasteiger partial charge is 0.477 e. The summed E-state index contributed by atoms with van der Waals surface area (Å²) in [5.41, 5.74) is 0.940. The summed E-state index contributed by atoms with van der Waals surface area (Å²) in [4.78, 5) is 8.47. The van der Waals surface area contributed by atoms with Gasteiger partial charge < -0.3 is 18.8 Å². The SMILES string of the molecule is C[Si](C)(C)CCOCn1c(-c2c(C(F)F)nn3c2OCCC3)c(-c2ccncc2OC(F)F)c2cccnc21. The molecule has 0 unspecified atom stereocenters. The number of fused-ring (bicyclic) bond motifs is 2. The van der Waals surface area contributed by atoms with Gasteiger partial charge >= 0.3 is 6.61 Å². The lowest BCUT2D eigenvalue weighted by Gasteiger charge is -2.19. The third-order valence-corrected chi connectivity index (χ3v) is 8.14. The molecule has 5 rings (SSSR count). The van der Waals surface area contributed by atoms with Gasteiger partial charge in [0, 0.05) is 56.6 Å². The van der Waals surface area contributed by atoms with Gasteiger partial charge in [-0.1, -0.05) is 19.6 Å². The van der Waals surface area contributed by atoms with E-state index in [4.69, 9.17) is 14.2 Å². The summed E-state index contributed by atoms with van der Waals surface area (Å²) < 4.78 is 75.6. The fraction of sp³-hybridized carbons (Fsp3) is 0.423. The van der Waals surface area contributed by atoms with Crippen LogP contribution in [0.5, 0.6) is 11.6 Å². The molecule has 0 aromatic carbocycles. The first-order valence-corrected chi connectivity index (χ1v) is 16.3. The topological polar surface area (TPSA) is 76.2 Å². The number of hydrogen-bond acceptors (Lipinski definition) is 6. The molecule has 0 saturated heterocycles. The van der Waals surface area contributed by atoms with E-state index in [0.29, 0.717) is 42.8 Å². The van der Waals surface area contributed by atoms with Crippen molar-refractivity contribution in [3.63, 3.8) is 0 Å². The molecule has 13 heteroatoms. The molecule has 208 valence electrons. The molecule has 5 heterocycles.